The zero-order chi connectivity index (χ0) is 15.5. The molecule has 0 spiro atoms. The quantitative estimate of drug-likeness (QED) is 0.664. The van der Waals surface area contributed by atoms with Crippen molar-refractivity contribution in [2.45, 2.75) is 26.3 Å². The summed E-state index contributed by atoms with van der Waals surface area (Å²) in [4.78, 5) is 28.0. The molecule has 0 aliphatic heterocycles. The van der Waals surface area contributed by atoms with Gasteiger partial charge in [0.05, 0.1) is 6.04 Å². The first kappa shape index (κ1) is 14.4. The van der Waals surface area contributed by atoms with Crippen molar-refractivity contribution < 1.29 is 4.79 Å². The number of rotatable bonds is 5. The fraction of sp³-hybridized carbons (Fsp3) is 0.308. The summed E-state index contributed by atoms with van der Waals surface area (Å²) in [6, 6.07) is -0.170. The second kappa shape index (κ2) is 6.06. The second-order valence-corrected chi connectivity index (χ2v) is 5.62. The number of nitrogens with zero attached hydrogens (tertiary/aromatic N) is 4. The van der Waals surface area contributed by atoms with Gasteiger partial charge in [0.2, 0.25) is 0 Å². The summed E-state index contributed by atoms with van der Waals surface area (Å²) < 4.78 is 0. The van der Waals surface area contributed by atoms with Gasteiger partial charge in [0.25, 0.3) is 5.91 Å². The Bertz CT molecular complexity index is 761. The average Bonchev–Trinajstić information content (AvgIpc) is 3.24. The number of imidazole rings is 1. The van der Waals surface area contributed by atoms with Gasteiger partial charge in [-0.05, 0) is 13.3 Å². The van der Waals surface area contributed by atoms with Crippen LogP contribution in [0.15, 0.2) is 17.9 Å². The Morgan fingerprint density at radius 2 is 2.32 bits per heavy atom. The molecule has 8 nitrogen and oxygen atoms in total. The minimum absolute atomic E-state index is 0.170. The lowest BCUT2D eigenvalue weighted by molar-refractivity contribution is 0.0929. The zero-order valence-electron chi connectivity index (χ0n) is 12.1. The van der Waals surface area contributed by atoms with E-state index in [0.29, 0.717) is 16.5 Å². The molecule has 1 amide bonds. The number of aryl methyl sites for hydroxylation is 1. The molecular weight excluding hydrogens is 302 g/mol. The molecule has 1 unspecified atom stereocenters. The summed E-state index contributed by atoms with van der Waals surface area (Å²) in [5, 5.41) is 11.8. The van der Waals surface area contributed by atoms with Crippen molar-refractivity contribution in [2.24, 2.45) is 0 Å². The van der Waals surface area contributed by atoms with Crippen LogP contribution in [0.2, 0.25) is 0 Å². The largest absolute Gasteiger partial charge is 0.344 e. The summed E-state index contributed by atoms with van der Waals surface area (Å²) in [5.41, 5.74) is 1.32. The fourth-order valence-electron chi connectivity index (χ4n) is 2.00. The van der Waals surface area contributed by atoms with E-state index in [-0.39, 0.29) is 11.9 Å². The molecule has 0 saturated heterocycles. The predicted molar refractivity (Wildman–Crippen MR) is 81.3 cm³/mol. The highest BCUT2D eigenvalue weighted by molar-refractivity contribution is 7.13. The normalized spacial score (nSPS) is 12.3. The van der Waals surface area contributed by atoms with Crippen LogP contribution >= 0.6 is 11.3 Å². The first-order valence-corrected chi connectivity index (χ1v) is 7.69. The minimum Gasteiger partial charge on any atom is -0.344 e. The molecule has 3 rings (SSSR count). The molecule has 22 heavy (non-hydrogen) atoms. The van der Waals surface area contributed by atoms with Crippen LogP contribution in [0.25, 0.3) is 10.8 Å². The average molecular weight is 317 g/mol. The van der Waals surface area contributed by atoms with Crippen molar-refractivity contribution in [1.29, 1.82) is 0 Å². The molecule has 114 valence electrons. The minimum atomic E-state index is -0.233. The summed E-state index contributed by atoms with van der Waals surface area (Å²) in [7, 11) is 0. The lowest BCUT2D eigenvalue weighted by atomic mass is 10.2. The van der Waals surface area contributed by atoms with Crippen LogP contribution in [0.5, 0.6) is 0 Å². The van der Waals surface area contributed by atoms with Gasteiger partial charge in [-0.1, -0.05) is 6.92 Å². The van der Waals surface area contributed by atoms with Crippen molar-refractivity contribution in [3.05, 3.63) is 35.1 Å². The van der Waals surface area contributed by atoms with Crippen molar-refractivity contribution in [2.75, 3.05) is 0 Å². The van der Waals surface area contributed by atoms with Crippen LogP contribution in [-0.4, -0.2) is 36.0 Å². The summed E-state index contributed by atoms with van der Waals surface area (Å²) in [6.07, 6.45) is 3.88. The standard InChI is InChI=1S/C13H15N7OS/c1-3-8(10-14-4-7(2)17-10)18-12(21)9-5-22-13(19-9)11-15-6-16-20-11/h4-6,8H,3H2,1-2H3,(H,14,17)(H,18,21)(H,15,16,20). The van der Waals surface area contributed by atoms with Gasteiger partial charge in [-0.3, -0.25) is 9.89 Å². The molecule has 9 heteroatoms. The van der Waals surface area contributed by atoms with E-state index >= 15 is 0 Å². The van der Waals surface area contributed by atoms with E-state index in [2.05, 4.69) is 35.5 Å². The van der Waals surface area contributed by atoms with E-state index in [9.17, 15) is 4.79 Å². The molecule has 3 heterocycles. The molecule has 0 radical (unpaired) electrons. The Balaban J connectivity index is 1.73. The van der Waals surface area contributed by atoms with Crippen LogP contribution in [0, 0.1) is 6.92 Å². The summed E-state index contributed by atoms with van der Waals surface area (Å²) >= 11 is 1.34. The molecule has 0 bridgehead atoms. The highest BCUT2D eigenvalue weighted by atomic mass is 32.1. The second-order valence-electron chi connectivity index (χ2n) is 4.76. The Hall–Kier alpha value is -2.55. The van der Waals surface area contributed by atoms with E-state index in [1.807, 2.05) is 13.8 Å². The third-order valence-corrected chi connectivity index (χ3v) is 3.97. The molecular formula is C13H15N7OS. The molecule has 0 fully saturated rings. The van der Waals surface area contributed by atoms with E-state index in [0.717, 1.165) is 17.9 Å². The number of H-pyrrole nitrogens is 2. The number of carbonyl (C=O) groups is 1. The maximum absolute atomic E-state index is 12.3. The number of nitrogens with one attached hydrogen (secondary N) is 3. The third kappa shape index (κ3) is 2.89. The number of hydrogen-bond donors (Lipinski definition) is 3. The molecule has 3 aromatic rings. The number of carbonyl (C=O) groups excluding carboxylic acids is 1. The maximum atomic E-state index is 12.3. The van der Waals surface area contributed by atoms with Crippen LogP contribution in [0.4, 0.5) is 0 Å². The topological polar surface area (TPSA) is 112 Å². The first-order valence-electron chi connectivity index (χ1n) is 6.81. The molecule has 3 N–H and O–H groups in total. The monoisotopic (exact) mass is 317 g/mol. The number of thiazole rings is 1. The zero-order valence-corrected chi connectivity index (χ0v) is 12.9. The molecule has 0 aromatic carbocycles. The van der Waals surface area contributed by atoms with Crippen LogP contribution in [0.1, 0.15) is 41.4 Å². The molecule has 0 aliphatic carbocycles. The highest BCUT2D eigenvalue weighted by Crippen LogP contribution is 2.20. The van der Waals surface area contributed by atoms with Crippen LogP contribution in [0.3, 0.4) is 0 Å². The van der Waals surface area contributed by atoms with Gasteiger partial charge in [-0.15, -0.1) is 11.3 Å². The molecule has 1 atom stereocenters. The smallest absolute Gasteiger partial charge is 0.271 e. The van der Waals surface area contributed by atoms with E-state index in [4.69, 9.17) is 0 Å². The molecule has 0 saturated carbocycles. The lowest BCUT2D eigenvalue weighted by Crippen LogP contribution is -2.29. The third-order valence-electron chi connectivity index (χ3n) is 3.12. The maximum Gasteiger partial charge on any atom is 0.271 e. The predicted octanol–water partition coefficient (Wildman–Crippen LogP) is 1.84. The lowest BCUT2D eigenvalue weighted by Gasteiger charge is -2.13. The van der Waals surface area contributed by atoms with Crippen LogP contribution < -0.4 is 5.32 Å². The fourth-order valence-corrected chi connectivity index (χ4v) is 2.75. The summed E-state index contributed by atoms with van der Waals surface area (Å²) in [5.74, 6) is 1.07. The Morgan fingerprint density at radius 3 is 2.95 bits per heavy atom. The van der Waals surface area contributed by atoms with Crippen molar-refractivity contribution in [3.63, 3.8) is 0 Å². The van der Waals surface area contributed by atoms with Gasteiger partial charge in [-0.2, -0.15) is 5.10 Å². The van der Waals surface area contributed by atoms with Gasteiger partial charge in [-0.25, -0.2) is 15.0 Å². The number of aromatic nitrogens is 6. The van der Waals surface area contributed by atoms with Crippen molar-refractivity contribution in [3.8, 4) is 10.8 Å². The Labute approximate surface area is 130 Å². The summed E-state index contributed by atoms with van der Waals surface area (Å²) in [6.45, 7) is 3.92. The van der Waals surface area contributed by atoms with Gasteiger partial charge in [0, 0.05) is 17.3 Å². The number of hydrogen-bond acceptors (Lipinski definition) is 6. The van der Waals surface area contributed by atoms with E-state index in [1.54, 1.807) is 11.6 Å². The van der Waals surface area contributed by atoms with Crippen LogP contribution in [-0.2, 0) is 0 Å². The van der Waals surface area contributed by atoms with Gasteiger partial charge in [0.1, 0.15) is 17.8 Å². The van der Waals surface area contributed by atoms with Crippen molar-refractivity contribution in [1.82, 2.24) is 35.5 Å². The van der Waals surface area contributed by atoms with Crippen molar-refractivity contribution >= 4 is 17.2 Å². The van der Waals surface area contributed by atoms with E-state index < -0.39 is 0 Å². The Kier molecular flexibility index (Phi) is 3.96. The van der Waals surface area contributed by atoms with Gasteiger partial charge < -0.3 is 10.3 Å². The van der Waals surface area contributed by atoms with E-state index in [1.165, 1.54) is 17.7 Å². The first-order chi connectivity index (χ1) is 10.7. The Morgan fingerprint density at radius 1 is 1.45 bits per heavy atom. The number of amides is 1. The number of aromatic amines is 2. The van der Waals surface area contributed by atoms with Gasteiger partial charge >= 0.3 is 0 Å². The molecule has 3 aromatic heterocycles. The molecule has 0 aliphatic rings. The SMILES string of the molecule is CCC(NC(=O)c1csc(-c2ncn[nH]2)n1)c1ncc(C)[nH]1. The highest BCUT2D eigenvalue weighted by Gasteiger charge is 2.19. The van der Waals surface area contributed by atoms with Gasteiger partial charge in [0.15, 0.2) is 10.8 Å².